The molecule has 184 valence electrons. The second-order valence-corrected chi connectivity index (χ2v) is 14.3. The van der Waals surface area contributed by atoms with Crippen molar-refractivity contribution in [1.29, 1.82) is 0 Å². The summed E-state index contributed by atoms with van der Waals surface area (Å²) in [7, 11) is 0. The molecule has 8 rings (SSSR count). The first-order valence-corrected chi connectivity index (χ1v) is 15.9. The van der Waals surface area contributed by atoms with Crippen molar-refractivity contribution in [2.45, 2.75) is 0 Å². The van der Waals surface area contributed by atoms with Crippen LogP contribution in [0.2, 0.25) is 0 Å². The first-order chi connectivity index (χ1) is 19.2. The monoisotopic (exact) mass is 534 g/mol. The molecule has 0 amide bonds. The summed E-state index contributed by atoms with van der Waals surface area (Å²) in [6.07, 6.45) is 0. The molecule has 0 radical (unpaired) electrons. The van der Waals surface area contributed by atoms with Crippen molar-refractivity contribution < 1.29 is 0 Å². The van der Waals surface area contributed by atoms with Gasteiger partial charge in [-0.05, 0) is 39.6 Å². The van der Waals surface area contributed by atoms with Gasteiger partial charge in [0.15, 0.2) is 0 Å². The highest BCUT2D eigenvalue weighted by atomic mass is 32.4. The van der Waals surface area contributed by atoms with E-state index in [1.165, 1.54) is 32.2 Å². The summed E-state index contributed by atoms with van der Waals surface area (Å²) < 4.78 is 2.33. The maximum absolute atomic E-state index is 6.75. The van der Waals surface area contributed by atoms with Crippen molar-refractivity contribution in [3.8, 4) is 0 Å². The highest BCUT2D eigenvalue weighted by Gasteiger charge is 2.28. The summed E-state index contributed by atoms with van der Waals surface area (Å²) in [4.78, 5) is 5.44. The highest BCUT2D eigenvalue weighted by Crippen LogP contribution is 2.45. The molecule has 0 N–H and O–H groups in total. The summed E-state index contributed by atoms with van der Waals surface area (Å²) in [5, 5.41) is 9.61. The van der Waals surface area contributed by atoms with E-state index in [0.29, 0.717) is 0 Å². The van der Waals surface area contributed by atoms with Crippen LogP contribution >= 0.6 is 6.04 Å². The van der Waals surface area contributed by atoms with Gasteiger partial charge in [-0.1, -0.05) is 133 Å². The molecule has 0 aliphatic carbocycles. The van der Waals surface area contributed by atoms with Crippen molar-refractivity contribution in [3.63, 3.8) is 0 Å². The Morgan fingerprint density at radius 2 is 1.13 bits per heavy atom. The molecule has 0 saturated heterocycles. The second kappa shape index (κ2) is 8.61. The first kappa shape index (κ1) is 22.7. The standard InChI is InChI=1S/C35H23N2PS/c39-38(25-13-3-1-4-14-25,26-15-5-2-6-16-26)32-21-11-20-31-34(32)36-35-29-23-22-24-12-7-8-17-27(24)33(29)28-18-9-10-19-30(28)37(31)35/h1-23H. The van der Waals surface area contributed by atoms with Gasteiger partial charge >= 0.3 is 0 Å². The molecule has 2 heterocycles. The van der Waals surface area contributed by atoms with Gasteiger partial charge in [-0.3, -0.25) is 4.40 Å². The van der Waals surface area contributed by atoms with Crippen LogP contribution in [0.15, 0.2) is 140 Å². The SMILES string of the molecule is S=P(c1ccccc1)(c1ccccc1)c1cccc2c1nc1c3ccc4ccccc4c3c3ccccc3n21. The molecule has 39 heavy (non-hydrogen) atoms. The first-order valence-electron chi connectivity index (χ1n) is 13.1. The van der Waals surface area contributed by atoms with Crippen molar-refractivity contribution in [1.82, 2.24) is 9.38 Å². The third-order valence-electron chi connectivity index (χ3n) is 7.83. The van der Waals surface area contributed by atoms with Gasteiger partial charge in [0.25, 0.3) is 0 Å². The third kappa shape index (κ3) is 3.21. The maximum Gasteiger partial charge on any atom is 0.146 e. The average Bonchev–Trinajstić information content (AvgIpc) is 3.41. The smallest absolute Gasteiger partial charge is 0.146 e. The second-order valence-electron chi connectivity index (χ2n) is 9.92. The van der Waals surface area contributed by atoms with Crippen LogP contribution < -0.4 is 15.9 Å². The average molecular weight is 535 g/mol. The quantitative estimate of drug-likeness (QED) is 0.171. The zero-order chi connectivity index (χ0) is 26.0. The highest BCUT2D eigenvalue weighted by molar-refractivity contribution is 8.25. The van der Waals surface area contributed by atoms with Gasteiger partial charge < -0.3 is 0 Å². The van der Waals surface area contributed by atoms with E-state index in [1.54, 1.807) is 0 Å². The molecule has 8 aromatic rings. The van der Waals surface area contributed by atoms with Crippen molar-refractivity contribution in [2.75, 3.05) is 0 Å². The van der Waals surface area contributed by atoms with E-state index < -0.39 is 6.04 Å². The van der Waals surface area contributed by atoms with Gasteiger partial charge in [0.2, 0.25) is 0 Å². The van der Waals surface area contributed by atoms with Gasteiger partial charge in [-0.2, -0.15) is 0 Å². The predicted octanol–water partition coefficient (Wildman–Crippen LogP) is 7.70. The number of hydrogen-bond donors (Lipinski definition) is 0. The minimum Gasteiger partial charge on any atom is -0.292 e. The van der Waals surface area contributed by atoms with E-state index in [0.717, 1.165) is 32.9 Å². The number of hydrogen-bond acceptors (Lipinski definition) is 2. The number of pyridine rings is 1. The van der Waals surface area contributed by atoms with E-state index in [9.17, 15) is 0 Å². The topological polar surface area (TPSA) is 17.3 Å². The molecule has 0 unspecified atom stereocenters. The van der Waals surface area contributed by atoms with Gasteiger partial charge in [-0.25, -0.2) is 4.98 Å². The van der Waals surface area contributed by atoms with E-state index in [2.05, 4.69) is 144 Å². The lowest BCUT2D eigenvalue weighted by atomic mass is 9.99. The van der Waals surface area contributed by atoms with E-state index in [-0.39, 0.29) is 0 Å². The fourth-order valence-corrected chi connectivity index (χ4v) is 10.1. The Morgan fingerprint density at radius 1 is 0.513 bits per heavy atom. The number of rotatable bonds is 3. The maximum atomic E-state index is 6.75. The summed E-state index contributed by atoms with van der Waals surface area (Å²) in [6.45, 7) is 0. The Labute approximate surface area is 231 Å². The minimum absolute atomic E-state index is 0.972. The largest absolute Gasteiger partial charge is 0.292 e. The fraction of sp³-hybridized carbons (Fsp3) is 0. The van der Waals surface area contributed by atoms with Crippen LogP contribution in [0.1, 0.15) is 0 Å². The molecule has 0 aliphatic heterocycles. The Hall–Kier alpha value is -4.30. The summed E-state index contributed by atoms with van der Waals surface area (Å²) in [6, 6.07) is 47.1. The lowest BCUT2D eigenvalue weighted by Gasteiger charge is -2.24. The molecule has 6 aromatic carbocycles. The van der Waals surface area contributed by atoms with E-state index in [1.807, 2.05) is 0 Å². The number of imidazole rings is 1. The molecular weight excluding hydrogens is 511 g/mol. The van der Waals surface area contributed by atoms with Crippen LogP contribution in [0.3, 0.4) is 0 Å². The summed E-state index contributed by atoms with van der Waals surface area (Å²) in [5.41, 5.74) is 4.21. The number of fused-ring (bicyclic) bond motifs is 10. The van der Waals surface area contributed by atoms with E-state index in [4.69, 9.17) is 16.8 Å². The molecule has 2 nitrogen and oxygen atoms in total. The Balaban J connectivity index is 1.58. The van der Waals surface area contributed by atoms with Gasteiger partial charge in [0, 0.05) is 27.5 Å². The van der Waals surface area contributed by atoms with E-state index >= 15 is 0 Å². The number of benzene rings is 6. The normalized spacial score (nSPS) is 12.2. The molecular formula is C35H23N2PS. The van der Waals surface area contributed by atoms with Crippen LogP contribution in [-0.2, 0) is 11.8 Å². The lowest BCUT2D eigenvalue weighted by Crippen LogP contribution is -2.25. The zero-order valence-corrected chi connectivity index (χ0v) is 22.7. The van der Waals surface area contributed by atoms with Gasteiger partial charge in [-0.15, -0.1) is 0 Å². The number of nitrogens with zero attached hydrogens (tertiary/aromatic N) is 2. The van der Waals surface area contributed by atoms with Crippen LogP contribution in [0.4, 0.5) is 0 Å². The van der Waals surface area contributed by atoms with Gasteiger partial charge in [0.1, 0.15) is 5.65 Å². The minimum atomic E-state index is -2.38. The molecule has 0 fully saturated rings. The van der Waals surface area contributed by atoms with Crippen LogP contribution in [0, 0.1) is 0 Å². The molecule has 0 saturated carbocycles. The van der Waals surface area contributed by atoms with Crippen molar-refractivity contribution in [2.24, 2.45) is 0 Å². The molecule has 0 spiro atoms. The molecule has 0 aliphatic rings. The Bertz CT molecular complexity index is 2210. The number of para-hydroxylation sites is 2. The Morgan fingerprint density at radius 3 is 1.87 bits per heavy atom. The molecule has 4 heteroatoms. The predicted molar refractivity (Wildman–Crippen MR) is 171 cm³/mol. The molecule has 0 bridgehead atoms. The summed E-state index contributed by atoms with van der Waals surface area (Å²) in [5.74, 6) is 0. The lowest BCUT2D eigenvalue weighted by molar-refractivity contribution is 1.32. The summed E-state index contributed by atoms with van der Waals surface area (Å²) >= 11 is 6.75. The molecule has 0 atom stereocenters. The third-order valence-corrected chi connectivity index (χ3v) is 12.8. The Kier molecular flexibility index (Phi) is 5.00. The fourth-order valence-electron chi connectivity index (χ4n) is 6.09. The zero-order valence-electron chi connectivity index (χ0n) is 21.0. The van der Waals surface area contributed by atoms with Crippen LogP contribution in [0.25, 0.3) is 49.1 Å². The van der Waals surface area contributed by atoms with Crippen LogP contribution in [0.5, 0.6) is 0 Å². The van der Waals surface area contributed by atoms with Crippen molar-refractivity contribution >= 4 is 82.9 Å². The molecule has 2 aromatic heterocycles. The van der Waals surface area contributed by atoms with Crippen molar-refractivity contribution in [3.05, 3.63) is 140 Å². The van der Waals surface area contributed by atoms with Crippen LogP contribution in [-0.4, -0.2) is 9.38 Å². The number of aromatic nitrogens is 2. The van der Waals surface area contributed by atoms with Gasteiger partial charge in [0.05, 0.1) is 16.6 Å².